The fourth-order valence-corrected chi connectivity index (χ4v) is 1.98. The van der Waals surface area contributed by atoms with Crippen LogP contribution in [0.4, 0.5) is 13.2 Å². The normalized spacial score (nSPS) is 11.9. The number of aliphatic hydroxyl groups excluding tert-OH is 1. The number of aliphatic hydroxyl groups is 1. The Morgan fingerprint density at radius 1 is 1.21 bits per heavy atom. The molecule has 19 heavy (non-hydrogen) atoms. The molecule has 0 saturated heterocycles. The van der Waals surface area contributed by atoms with Gasteiger partial charge in [-0.05, 0) is 19.1 Å². The molecule has 1 heterocycles. The number of hydrogen-bond acceptors (Lipinski definition) is 2. The Hall–Kier alpha value is -1.82. The first kappa shape index (κ1) is 13.6. The summed E-state index contributed by atoms with van der Waals surface area (Å²) in [7, 11) is 1.69. The average molecular weight is 270 g/mol. The largest absolute Gasteiger partial charge is 0.416 e. The van der Waals surface area contributed by atoms with E-state index < -0.39 is 11.7 Å². The minimum absolute atomic E-state index is 0.157. The van der Waals surface area contributed by atoms with Gasteiger partial charge >= 0.3 is 6.18 Å². The molecule has 1 aromatic heterocycles. The molecule has 0 unspecified atom stereocenters. The van der Waals surface area contributed by atoms with Crippen LogP contribution in [0.3, 0.4) is 0 Å². The molecule has 0 bridgehead atoms. The first-order chi connectivity index (χ1) is 8.84. The predicted molar refractivity (Wildman–Crippen MR) is 64.3 cm³/mol. The number of hydrogen-bond donors (Lipinski definition) is 1. The van der Waals surface area contributed by atoms with Crippen LogP contribution < -0.4 is 0 Å². The molecule has 2 rings (SSSR count). The van der Waals surface area contributed by atoms with E-state index in [1.165, 1.54) is 16.8 Å². The molecule has 2 aromatic rings. The topological polar surface area (TPSA) is 38.0 Å². The Morgan fingerprint density at radius 3 is 2.21 bits per heavy atom. The predicted octanol–water partition coefficient (Wildman–Crippen LogP) is 2.91. The second kappa shape index (κ2) is 4.70. The summed E-state index contributed by atoms with van der Waals surface area (Å²) >= 11 is 0. The highest BCUT2D eigenvalue weighted by Crippen LogP contribution is 2.31. The first-order valence-electron chi connectivity index (χ1n) is 5.65. The van der Waals surface area contributed by atoms with Crippen molar-refractivity contribution < 1.29 is 18.3 Å². The van der Waals surface area contributed by atoms with Crippen molar-refractivity contribution in [2.24, 2.45) is 7.05 Å². The molecule has 0 radical (unpaired) electrons. The zero-order valence-corrected chi connectivity index (χ0v) is 10.5. The third kappa shape index (κ3) is 2.49. The molecule has 0 aliphatic heterocycles. The lowest BCUT2D eigenvalue weighted by molar-refractivity contribution is -0.137. The van der Waals surface area contributed by atoms with Gasteiger partial charge in [0.05, 0.1) is 23.6 Å². The van der Waals surface area contributed by atoms with Crippen LogP contribution in [0.5, 0.6) is 0 Å². The molecule has 3 nitrogen and oxygen atoms in total. The Morgan fingerprint density at radius 2 is 1.79 bits per heavy atom. The lowest BCUT2D eigenvalue weighted by Gasteiger charge is -2.07. The summed E-state index contributed by atoms with van der Waals surface area (Å²) in [5, 5.41) is 13.4. The van der Waals surface area contributed by atoms with E-state index in [0.29, 0.717) is 17.0 Å². The molecule has 102 valence electrons. The molecular weight excluding hydrogens is 257 g/mol. The van der Waals surface area contributed by atoms with Crippen molar-refractivity contribution in [3.63, 3.8) is 0 Å². The van der Waals surface area contributed by atoms with Gasteiger partial charge in [-0.15, -0.1) is 0 Å². The number of nitrogens with zero attached hydrogens (tertiary/aromatic N) is 2. The van der Waals surface area contributed by atoms with E-state index in [9.17, 15) is 18.3 Å². The summed E-state index contributed by atoms with van der Waals surface area (Å²) in [5.41, 5.74) is 1.91. The Bertz CT molecular complexity index is 585. The van der Waals surface area contributed by atoms with Crippen molar-refractivity contribution >= 4 is 0 Å². The summed E-state index contributed by atoms with van der Waals surface area (Å²) in [6, 6.07) is 4.84. The molecule has 0 spiro atoms. The highest BCUT2D eigenvalue weighted by molar-refractivity contribution is 5.64. The van der Waals surface area contributed by atoms with E-state index in [1.54, 1.807) is 14.0 Å². The molecule has 0 fully saturated rings. The van der Waals surface area contributed by atoms with Gasteiger partial charge in [0, 0.05) is 18.2 Å². The number of rotatable bonds is 2. The van der Waals surface area contributed by atoms with Crippen molar-refractivity contribution in [2.45, 2.75) is 19.7 Å². The molecular formula is C13H13F3N2O. The minimum Gasteiger partial charge on any atom is -0.390 e. The van der Waals surface area contributed by atoms with Crippen molar-refractivity contribution in [3.05, 3.63) is 41.1 Å². The molecule has 0 aliphatic rings. The van der Waals surface area contributed by atoms with Gasteiger partial charge in [0.1, 0.15) is 0 Å². The summed E-state index contributed by atoms with van der Waals surface area (Å²) < 4.78 is 38.9. The van der Waals surface area contributed by atoms with Crippen LogP contribution in [-0.2, 0) is 19.8 Å². The third-order valence-electron chi connectivity index (χ3n) is 3.06. The third-order valence-corrected chi connectivity index (χ3v) is 3.06. The molecule has 6 heteroatoms. The number of aromatic nitrogens is 2. The van der Waals surface area contributed by atoms with Crippen LogP contribution in [-0.4, -0.2) is 14.9 Å². The smallest absolute Gasteiger partial charge is 0.390 e. The fourth-order valence-electron chi connectivity index (χ4n) is 1.98. The maximum Gasteiger partial charge on any atom is 0.416 e. The van der Waals surface area contributed by atoms with E-state index in [0.717, 1.165) is 17.7 Å². The highest BCUT2D eigenvalue weighted by Gasteiger charge is 2.30. The molecule has 0 saturated carbocycles. The van der Waals surface area contributed by atoms with Crippen LogP contribution in [0.2, 0.25) is 0 Å². The zero-order chi connectivity index (χ0) is 14.2. The van der Waals surface area contributed by atoms with Gasteiger partial charge in [0.2, 0.25) is 0 Å². The fraction of sp³-hybridized carbons (Fsp3) is 0.308. The summed E-state index contributed by atoms with van der Waals surface area (Å²) in [4.78, 5) is 0. The van der Waals surface area contributed by atoms with Gasteiger partial charge in [-0.3, -0.25) is 4.68 Å². The van der Waals surface area contributed by atoms with Crippen LogP contribution >= 0.6 is 0 Å². The molecule has 0 atom stereocenters. The molecule has 1 aromatic carbocycles. The van der Waals surface area contributed by atoms with Crippen LogP contribution in [0.1, 0.15) is 16.8 Å². The molecule has 0 amide bonds. The van der Waals surface area contributed by atoms with Gasteiger partial charge in [-0.2, -0.15) is 18.3 Å². The van der Waals surface area contributed by atoms with Crippen molar-refractivity contribution in [1.82, 2.24) is 9.78 Å². The van der Waals surface area contributed by atoms with Crippen LogP contribution in [0, 0.1) is 6.92 Å². The van der Waals surface area contributed by atoms with Gasteiger partial charge in [0.25, 0.3) is 0 Å². The van der Waals surface area contributed by atoms with Gasteiger partial charge in [-0.1, -0.05) is 12.1 Å². The average Bonchev–Trinajstić information content (AvgIpc) is 2.63. The Kier molecular flexibility index (Phi) is 3.36. The Labute approximate surface area is 108 Å². The number of benzene rings is 1. The lowest BCUT2D eigenvalue weighted by Crippen LogP contribution is -2.04. The van der Waals surface area contributed by atoms with Gasteiger partial charge in [-0.25, -0.2) is 0 Å². The summed E-state index contributed by atoms with van der Waals surface area (Å²) in [5.74, 6) is 0. The van der Waals surface area contributed by atoms with Gasteiger partial charge < -0.3 is 5.11 Å². The van der Waals surface area contributed by atoms with E-state index in [2.05, 4.69) is 5.10 Å². The highest BCUT2D eigenvalue weighted by atomic mass is 19.4. The van der Waals surface area contributed by atoms with Crippen LogP contribution in [0.25, 0.3) is 11.3 Å². The van der Waals surface area contributed by atoms with Gasteiger partial charge in [0.15, 0.2) is 0 Å². The SMILES string of the molecule is Cc1c(-c2ccc(C(F)(F)F)cc2)nn(C)c1CO. The maximum atomic E-state index is 12.5. The Balaban J connectivity index is 2.43. The first-order valence-corrected chi connectivity index (χ1v) is 5.65. The zero-order valence-electron chi connectivity index (χ0n) is 10.5. The van der Waals surface area contributed by atoms with E-state index in [-0.39, 0.29) is 6.61 Å². The van der Waals surface area contributed by atoms with Crippen molar-refractivity contribution in [1.29, 1.82) is 0 Å². The quantitative estimate of drug-likeness (QED) is 0.911. The van der Waals surface area contributed by atoms with E-state index >= 15 is 0 Å². The van der Waals surface area contributed by atoms with E-state index in [1.807, 2.05) is 0 Å². The standard InChI is InChI=1S/C13H13F3N2O/c1-8-11(7-19)18(2)17-12(8)9-3-5-10(6-4-9)13(14,15)16/h3-6,19H,7H2,1-2H3. The monoisotopic (exact) mass is 270 g/mol. The number of halogens is 3. The minimum atomic E-state index is -4.34. The molecule has 0 aliphatic carbocycles. The summed E-state index contributed by atoms with van der Waals surface area (Å²) in [6.07, 6.45) is -4.34. The van der Waals surface area contributed by atoms with Crippen molar-refractivity contribution in [2.75, 3.05) is 0 Å². The summed E-state index contributed by atoms with van der Waals surface area (Å²) in [6.45, 7) is 1.63. The van der Waals surface area contributed by atoms with Crippen molar-refractivity contribution in [3.8, 4) is 11.3 Å². The van der Waals surface area contributed by atoms with Crippen LogP contribution in [0.15, 0.2) is 24.3 Å². The van der Waals surface area contributed by atoms with E-state index in [4.69, 9.17) is 0 Å². The number of alkyl halides is 3. The second-order valence-corrected chi connectivity index (χ2v) is 4.28. The number of aryl methyl sites for hydroxylation is 1. The molecule has 1 N–H and O–H groups in total. The second-order valence-electron chi connectivity index (χ2n) is 4.28. The lowest BCUT2D eigenvalue weighted by atomic mass is 10.1. The maximum absolute atomic E-state index is 12.5.